The van der Waals surface area contributed by atoms with E-state index in [2.05, 4.69) is 22.1 Å². The monoisotopic (exact) mass is 709 g/mol. The zero-order valence-corrected chi connectivity index (χ0v) is 25.8. The summed E-state index contributed by atoms with van der Waals surface area (Å²) in [6.07, 6.45) is 3.56. The number of nitrogens with zero attached hydrogens (tertiary/aromatic N) is 4. The second-order valence-electron chi connectivity index (χ2n) is 8.55. The number of methoxy groups -OCH3 is 4. The number of aromatic nitrogens is 2. The first-order chi connectivity index (χ1) is 18.3. The van der Waals surface area contributed by atoms with Crippen LogP contribution in [0.15, 0.2) is 60.9 Å². The smallest absolute Gasteiger partial charge is 0.540 e. The Morgan fingerprint density at radius 2 is 0.974 bits per heavy atom. The average molecular weight is 710 g/mol. The van der Waals surface area contributed by atoms with Gasteiger partial charge < -0.3 is 38.7 Å². The number of anilines is 2. The van der Waals surface area contributed by atoms with Gasteiger partial charge >= 0.3 is 21.1 Å². The SMILES string of the molecule is COc1c[c-]c(-c2cc(N(C)C)ccn2)c(OC)c1.COc1c[c-]c(-c2cc(N(C)C)ccn2)c(OC)c1.[Pt+2]. The van der Waals surface area contributed by atoms with Crippen LogP contribution in [0.3, 0.4) is 0 Å². The largest absolute Gasteiger partial charge is 2.00 e. The fourth-order valence-corrected chi connectivity index (χ4v) is 3.54. The molecule has 0 spiro atoms. The molecule has 4 rings (SSSR count). The minimum absolute atomic E-state index is 0. The molecule has 208 valence electrons. The van der Waals surface area contributed by atoms with Gasteiger partial charge in [0.25, 0.3) is 0 Å². The van der Waals surface area contributed by atoms with E-state index >= 15 is 0 Å². The van der Waals surface area contributed by atoms with Crippen LogP contribution in [0.4, 0.5) is 11.4 Å². The molecule has 0 radical (unpaired) electrons. The molecule has 2 heterocycles. The first-order valence-corrected chi connectivity index (χ1v) is 11.9. The number of pyridine rings is 2. The van der Waals surface area contributed by atoms with Crippen LogP contribution >= 0.6 is 0 Å². The molecule has 0 amide bonds. The molecule has 9 heteroatoms. The molecule has 0 unspecified atom stereocenters. The normalized spacial score (nSPS) is 9.85. The van der Waals surface area contributed by atoms with Crippen LogP contribution in [0.1, 0.15) is 0 Å². The van der Waals surface area contributed by atoms with Gasteiger partial charge in [-0.15, -0.1) is 24.3 Å². The molecule has 0 N–H and O–H groups in total. The summed E-state index contributed by atoms with van der Waals surface area (Å²) in [6.45, 7) is 0. The quantitative estimate of drug-likeness (QED) is 0.230. The topological polar surface area (TPSA) is 69.2 Å². The predicted octanol–water partition coefficient (Wildman–Crippen LogP) is 5.26. The standard InChI is InChI=1S/2C15H17N2O2.Pt/c2*1-17(2)11-7-8-16-14(9-11)13-6-5-12(18-3)10-15(13)19-4;/h2*5,7-10H,1-4H3;/q2*-1;+2. The first kappa shape index (κ1) is 31.4. The van der Waals surface area contributed by atoms with Crippen molar-refractivity contribution in [2.24, 2.45) is 0 Å². The molecule has 0 aliphatic rings. The summed E-state index contributed by atoms with van der Waals surface area (Å²) in [5, 5.41) is 0. The maximum atomic E-state index is 5.38. The summed E-state index contributed by atoms with van der Waals surface area (Å²) in [5.41, 5.74) is 5.46. The average Bonchev–Trinajstić information content (AvgIpc) is 2.96. The molecule has 0 atom stereocenters. The van der Waals surface area contributed by atoms with Gasteiger partial charge in [-0.05, 0) is 23.5 Å². The molecule has 2 aromatic heterocycles. The Morgan fingerprint density at radius 3 is 1.28 bits per heavy atom. The van der Waals surface area contributed by atoms with Crippen LogP contribution in [-0.4, -0.2) is 66.6 Å². The molecule has 0 aliphatic heterocycles. The van der Waals surface area contributed by atoms with Crippen LogP contribution in [0.5, 0.6) is 23.0 Å². The molecule has 39 heavy (non-hydrogen) atoms. The Labute approximate surface area is 245 Å². The van der Waals surface area contributed by atoms with Crippen molar-refractivity contribution in [1.82, 2.24) is 9.97 Å². The number of benzene rings is 2. The van der Waals surface area contributed by atoms with Gasteiger partial charge in [-0.3, -0.25) is 0 Å². The first-order valence-electron chi connectivity index (χ1n) is 11.9. The third kappa shape index (κ3) is 8.11. The van der Waals surface area contributed by atoms with Crippen molar-refractivity contribution >= 4 is 11.4 Å². The minimum Gasteiger partial charge on any atom is -0.540 e. The van der Waals surface area contributed by atoms with E-state index in [1.807, 2.05) is 74.4 Å². The number of hydrogen-bond donors (Lipinski definition) is 0. The zero-order chi connectivity index (χ0) is 27.7. The number of rotatable bonds is 8. The second-order valence-corrected chi connectivity index (χ2v) is 8.55. The van der Waals surface area contributed by atoms with Gasteiger partial charge in [-0.2, -0.15) is 0 Å². The van der Waals surface area contributed by atoms with Gasteiger partial charge in [-0.25, -0.2) is 0 Å². The van der Waals surface area contributed by atoms with E-state index in [0.717, 1.165) is 33.9 Å². The van der Waals surface area contributed by atoms with Crippen LogP contribution in [-0.2, 0) is 21.1 Å². The molecular formula is C30H34N4O4Pt. The fraction of sp³-hybridized carbons (Fsp3) is 0.267. The second kappa shape index (κ2) is 15.0. The Morgan fingerprint density at radius 1 is 0.590 bits per heavy atom. The van der Waals surface area contributed by atoms with E-state index in [9.17, 15) is 0 Å². The van der Waals surface area contributed by atoms with Crippen molar-refractivity contribution in [3.05, 3.63) is 73.1 Å². The van der Waals surface area contributed by atoms with E-state index < -0.39 is 0 Å². The van der Waals surface area contributed by atoms with E-state index in [1.54, 1.807) is 53.0 Å². The van der Waals surface area contributed by atoms with E-state index in [-0.39, 0.29) is 21.1 Å². The Kier molecular flexibility index (Phi) is 12.1. The number of hydrogen-bond acceptors (Lipinski definition) is 8. The summed E-state index contributed by atoms with van der Waals surface area (Å²) < 4.78 is 21.1. The third-order valence-corrected chi connectivity index (χ3v) is 5.70. The van der Waals surface area contributed by atoms with Gasteiger partial charge in [-0.1, -0.05) is 35.4 Å². The van der Waals surface area contributed by atoms with Crippen molar-refractivity contribution < 1.29 is 40.0 Å². The molecule has 8 nitrogen and oxygen atoms in total. The van der Waals surface area contributed by atoms with Gasteiger partial charge in [0.2, 0.25) is 0 Å². The molecule has 2 aromatic carbocycles. The molecule has 0 saturated carbocycles. The van der Waals surface area contributed by atoms with Crippen LogP contribution < -0.4 is 28.7 Å². The summed E-state index contributed by atoms with van der Waals surface area (Å²) in [6, 6.07) is 21.5. The minimum atomic E-state index is 0. The van der Waals surface area contributed by atoms with Crippen LogP contribution in [0, 0.1) is 12.1 Å². The fourth-order valence-electron chi connectivity index (χ4n) is 3.54. The molecule has 0 saturated heterocycles. The van der Waals surface area contributed by atoms with Gasteiger partial charge in [0, 0.05) is 75.0 Å². The summed E-state index contributed by atoms with van der Waals surface area (Å²) in [5.74, 6) is 2.82. The summed E-state index contributed by atoms with van der Waals surface area (Å²) in [4.78, 5) is 12.8. The van der Waals surface area contributed by atoms with Gasteiger partial charge in [0.1, 0.15) is 0 Å². The number of ether oxygens (including phenoxy) is 4. The van der Waals surface area contributed by atoms with Gasteiger partial charge in [0.15, 0.2) is 0 Å². The third-order valence-electron chi connectivity index (χ3n) is 5.70. The maximum Gasteiger partial charge on any atom is 2.00 e. The molecule has 0 aliphatic carbocycles. The zero-order valence-electron chi connectivity index (χ0n) is 23.5. The van der Waals surface area contributed by atoms with Crippen molar-refractivity contribution in [2.45, 2.75) is 0 Å². The van der Waals surface area contributed by atoms with E-state index in [4.69, 9.17) is 18.9 Å². The van der Waals surface area contributed by atoms with Crippen molar-refractivity contribution in [3.8, 4) is 45.5 Å². The Hall–Kier alpha value is -3.77. The van der Waals surface area contributed by atoms with Crippen molar-refractivity contribution in [1.29, 1.82) is 0 Å². The summed E-state index contributed by atoms with van der Waals surface area (Å²) in [7, 11) is 14.5. The Bertz CT molecular complexity index is 1250. The Balaban J connectivity index is 0.000000267. The maximum absolute atomic E-state index is 5.38. The van der Waals surface area contributed by atoms with E-state index in [0.29, 0.717) is 23.0 Å². The summed E-state index contributed by atoms with van der Waals surface area (Å²) >= 11 is 0. The van der Waals surface area contributed by atoms with Crippen LogP contribution in [0.2, 0.25) is 0 Å². The molecule has 0 fully saturated rings. The van der Waals surface area contributed by atoms with Crippen molar-refractivity contribution in [2.75, 3.05) is 66.4 Å². The predicted molar refractivity (Wildman–Crippen MR) is 152 cm³/mol. The molecular weight excluding hydrogens is 675 g/mol. The van der Waals surface area contributed by atoms with E-state index in [1.165, 1.54) is 0 Å². The van der Waals surface area contributed by atoms with Gasteiger partial charge in [0.05, 0.1) is 28.4 Å². The molecule has 4 aromatic rings. The molecule has 0 bridgehead atoms. The van der Waals surface area contributed by atoms with Crippen LogP contribution in [0.25, 0.3) is 22.5 Å². The van der Waals surface area contributed by atoms with Crippen molar-refractivity contribution in [3.63, 3.8) is 0 Å².